The molecule has 0 radical (unpaired) electrons. The van der Waals surface area contributed by atoms with E-state index in [1.807, 2.05) is 38.2 Å². The molecule has 0 unspecified atom stereocenters. The number of fused-ring (bicyclic) bond motifs is 1. The van der Waals surface area contributed by atoms with Crippen LogP contribution in [-0.2, 0) is 18.3 Å². The number of aromatic nitrogens is 2. The Balaban J connectivity index is 1.58. The Labute approximate surface area is 181 Å². The van der Waals surface area contributed by atoms with Crippen molar-refractivity contribution in [3.8, 4) is 22.6 Å². The zero-order valence-electron chi connectivity index (χ0n) is 16.0. The second kappa shape index (κ2) is 8.08. The van der Waals surface area contributed by atoms with Crippen LogP contribution >= 0.6 is 27.5 Å². The highest BCUT2D eigenvalue weighted by Gasteiger charge is 2.20. The standard InChI is InChI=1S/C21H19BrClN3O3/c1-12-19(14-3-5-15(22)6-4-14)21(26(2)25-12)24-18(27)11-13-9-16(23)20-17(10-13)28-7-8-29-20/h3-6,9-10H,7-8,11H2,1-2H3,(H,24,27). The normalized spacial score (nSPS) is 12.7. The molecule has 1 aliphatic heterocycles. The van der Waals surface area contributed by atoms with E-state index in [0.29, 0.717) is 35.6 Å². The van der Waals surface area contributed by atoms with E-state index in [9.17, 15) is 4.79 Å². The number of halogens is 2. The summed E-state index contributed by atoms with van der Waals surface area (Å²) in [5.74, 6) is 1.58. The van der Waals surface area contributed by atoms with Crippen LogP contribution in [0, 0.1) is 6.92 Å². The maximum Gasteiger partial charge on any atom is 0.229 e. The van der Waals surface area contributed by atoms with E-state index in [1.54, 1.807) is 16.8 Å². The van der Waals surface area contributed by atoms with Gasteiger partial charge in [-0.15, -0.1) is 0 Å². The Morgan fingerprint density at radius 3 is 2.72 bits per heavy atom. The topological polar surface area (TPSA) is 65.4 Å². The summed E-state index contributed by atoms with van der Waals surface area (Å²) in [5.41, 5.74) is 3.47. The van der Waals surface area contributed by atoms with Crippen molar-refractivity contribution in [1.82, 2.24) is 9.78 Å². The molecular weight excluding hydrogens is 458 g/mol. The van der Waals surface area contributed by atoms with Crippen LogP contribution in [0.15, 0.2) is 40.9 Å². The number of carbonyl (C=O) groups is 1. The highest BCUT2D eigenvalue weighted by molar-refractivity contribution is 9.10. The predicted molar refractivity (Wildman–Crippen MR) is 116 cm³/mol. The lowest BCUT2D eigenvalue weighted by Gasteiger charge is -2.20. The minimum absolute atomic E-state index is 0.153. The lowest BCUT2D eigenvalue weighted by atomic mass is 10.1. The summed E-state index contributed by atoms with van der Waals surface area (Å²) < 4.78 is 13.8. The number of hydrogen-bond donors (Lipinski definition) is 1. The molecule has 0 saturated carbocycles. The van der Waals surface area contributed by atoms with Gasteiger partial charge < -0.3 is 14.8 Å². The summed E-state index contributed by atoms with van der Waals surface area (Å²) in [7, 11) is 1.81. The Bertz CT molecular complexity index is 1080. The van der Waals surface area contributed by atoms with Gasteiger partial charge in [-0.3, -0.25) is 9.48 Å². The van der Waals surface area contributed by atoms with Crippen molar-refractivity contribution in [2.24, 2.45) is 7.05 Å². The van der Waals surface area contributed by atoms with E-state index in [0.717, 1.165) is 26.9 Å². The molecule has 1 aliphatic rings. The third kappa shape index (κ3) is 4.11. The molecule has 1 aromatic heterocycles. The van der Waals surface area contributed by atoms with Gasteiger partial charge >= 0.3 is 0 Å². The lowest BCUT2D eigenvalue weighted by Crippen LogP contribution is -2.18. The maximum absolute atomic E-state index is 12.8. The number of amides is 1. The van der Waals surface area contributed by atoms with E-state index in [4.69, 9.17) is 21.1 Å². The number of anilines is 1. The minimum atomic E-state index is -0.167. The van der Waals surface area contributed by atoms with E-state index < -0.39 is 0 Å². The zero-order chi connectivity index (χ0) is 20.5. The van der Waals surface area contributed by atoms with Gasteiger partial charge in [0.1, 0.15) is 19.0 Å². The molecule has 8 heteroatoms. The van der Waals surface area contributed by atoms with Crippen molar-refractivity contribution in [2.75, 3.05) is 18.5 Å². The number of ether oxygens (including phenoxy) is 2. The predicted octanol–water partition coefficient (Wildman–Crippen LogP) is 4.76. The number of nitrogens with one attached hydrogen (secondary N) is 1. The Hall–Kier alpha value is -2.51. The average molecular weight is 477 g/mol. The zero-order valence-corrected chi connectivity index (χ0v) is 18.3. The second-order valence-electron chi connectivity index (χ2n) is 6.77. The average Bonchev–Trinajstić information content (AvgIpc) is 2.95. The number of benzene rings is 2. The second-order valence-corrected chi connectivity index (χ2v) is 8.09. The van der Waals surface area contributed by atoms with Crippen LogP contribution in [-0.4, -0.2) is 28.9 Å². The van der Waals surface area contributed by atoms with Gasteiger partial charge in [0.2, 0.25) is 5.91 Å². The summed E-state index contributed by atoms with van der Waals surface area (Å²) in [6, 6.07) is 11.4. The van der Waals surface area contributed by atoms with Gasteiger partial charge in [0.15, 0.2) is 11.5 Å². The minimum Gasteiger partial charge on any atom is -0.486 e. The molecule has 0 saturated heterocycles. The highest BCUT2D eigenvalue weighted by atomic mass is 79.9. The molecule has 0 aliphatic carbocycles. The van der Waals surface area contributed by atoms with Gasteiger partial charge in [-0.25, -0.2) is 0 Å². The van der Waals surface area contributed by atoms with Crippen molar-refractivity contribution < 1.29 is 14.3 Å². The monoisotopic (exact) mass is 475 g/mol. The summed E-state index contributed by atoms with van der Waals surface area (Å²) in [6.07, 6.45) is 0.153. The lowest BCUT2D eigenvalue weighted by molar-refractivity contribution is -0.115. The molecule has 2 heterocycles. The molecule has 29 heavy (non-hydrogen) atoms. The number of hydrogen-bond acceptors (Lipinski definition) is 4. The molecule has 0 spiro atoms. The first kappa shape index (κ1) is 19.8. The van der Waals surface area contributed by atoms with Crippen LogP contribution in [0.5, 0.6) is 11.5 Å². The molecule has 1 N–H and O–H groups in total. The van der Waals surface area contributed by atoms with Crippen LogP contribution in [0.2, 0.25) is 5.02 Å². The quantitative estimate of drug-likeness (QED) is 0.589. The van der Waals surface area contributed by atoms with Gasteiger partial charge in [-0.1, -0.05) is 39.7 Å². The van der Waals surface area contributed by atoms with Crippen LogP contribution in [0.4, 0.5) is 5.82 Å². The highest BCUT2D eigenvalue weighted by Crippen LogP contribution is 2.38. The Morgan fingerprint density at radius 1 is 1.24 bits per heavy atom. The molecule has 150 valence electrons. The number of carbonyl (C=O) groups excluding carboxylic acids is 1. The molecule has 2 aromatic carbocycles. The maximum atomic E-state index is 12.8. The van der Waals surface area contributed by atoms with E-state index in [1.165, 1.54) is 0 Å². The summed E-state index contributed by atoms with van der Waals surface area (Å²) in [6.45, 7) is 2.85. The van der Waals surface area contributed by atoms with Crippen LogP contribution in [0.1, 0.15) is 11.3 Å². The van der Waals surface area contributed by atoms with E-state index in [-0.39, 0.29) is 12.3 Å². The van der Waals surface area contributed by atoms with Crippen molar-refractivity contribution in [3.63, 3.8) is 0 Å². The van der Waals surface area contributed by atoms with Gasteiger partial charge in [0, 0.05) is 17.1 Å². The molecule has 0 fully saturated rings. The number of rotatable bonds is 4. The first-order chi connectivity index (χ1) is 13.9. The van der Waals surface area contributed by atoms with Gasteiger partial charge in [0.05, 0.1) is 17.1 Å². The molecule has 4 rings (SSSR count). The van der Waals surface area contributed by atoms with Crippen LogP contribution in [0.3, 0.4) is 0 Å². The summed E-state index contributed by atoms with van der Waals surface area (Å²) >= 11 is 9.73. The molecule has 6 nitrogen and oxygen atoms in total. The molecular formula is C21H19BrClN3O3. The fourth-order valence-electron chi connectivity index (χ4n) is 3.39. The molecule has 1 amide bonds. The SMILES string of the molecule is Cc1nn(C)c(NC(=O)Cc2cc(Cl)c3c(c2)OCCO3)c1-c1ccc(Br)cc1. The van der Waals surface area contributed by atoms with Crippen molar-refractivity contribution in [3.05, 3.63) is 57.2 Å². The number of aryl methyl sites for hydroxylation is 2. The molecule has 0 atom stereocenters. The van der Waals surface area contributed by atoms with Crippen molar-refractivity contribution in [1.29, 1.82) is 0 Å². The van der Waals surface area contributed by atoms with Crippen molar-refractivity contribution in [2.45, 2.75) is 13.3 Å². The fourth-order valence-corrected chi connectivity index (χ4v) is 3.94. The van der Waals surface area contributed by atoms with Gasteiger partial charge in [-0.05, 0) is 42.3 Å². The van der Waals surface area contributed by atoms with Gasteiger partial charge in [-0.2, -0.15) is 5.10 Å². The van der Waals surface area contributed by atoms with Crippen molar-refractivity contribution >= 4 is 39.3 Å². The van der Waals surface area contributed by atoms with Crippen LogP contribution < -0.4 is 14.8 Å². The Morgan fingerprint density at radius 2 is 1.97 bits per heavy atom. The molecule has 0 bridgehead atoms. The van der Waals surface area contributed by atoms with Crippen LogP contribution in [0.25, 0.3) is 11.1 Å². The molecule has 3 aromatic rings. The Kier molecular flexibility index (Phi) is 5.52. The smallest absolute Gasteiger partial charge is 0.229 e. The summed E-state index contributed by atoms with van der Waals surface area (Å²) in [5, 5.41) is 7.91. The summed E-state index contributed by atoms with van der Waals surface area (Å²) in [4.78, 5) is 12.8. The first-order valence-corrected chi connectivity index (χ1v) is 10.3. The third-order valence-corrected chi connectivity index (χ3v) is 5.44. The van der Waals surface area contributed by atoms with E-state index in [2.05, 4.69) is 26.3 Å². The number of nitrogens with zero attached hydrogens (tertiary/aromatic N) is 2. The first-order valence-electron chi connectivity index (χ1n) is 9.10. The van der Waals surface area contributed by atoms with Gasteiger partial charge in [0.25, 0.3) is 0 Å². The largest absolute Gasteiger partial charge is 0.486 e. The fraction of sp³-hybridized carbons (Fsp3) is 0.238. The van der Waals surface area contributed by atoms with E-state index >= 15 is 0 Å². The third-order valence-electron chi connectivity index (χ3n) is 4.63.